The molecule has 0 spiro atoms. The van der Waals surface area contributed by atoms with Gasteiger partial charge in [0.05, 0.1) is 10.6 Å². The summed E-state index contributed by atoms with van der Waals surface area (Å²) in [7, 11) is 0. The maximum absolute atomic E-state index is 13.2. The summed E-state index contributed by atoms with van der Waals surface area (Å²) >= 11 is 1.34. The molecule has 0 N–H and O–H groups in total. The monoisotopic (exact) mass is 353 g/mol. The Morgan fingerprint density at radius 2 is 2.04 bits per heavy atom. The first kappa shape index (κ1) is 15.5. The Hall–Kier alpha value is -3.06. The van der Waals surface area contributed by atoms with Crippen molar-refractivity contribution >= 4 is 22.8 Å². The van der Waals surface area contributed by atoms with Crippen molar-refractivity contribution in [1.82, 2.24) is 15.0 Å². The fourth-order valence-electron chi connectivity index (χ4n) is 2.65. The van der Waals surface area contributed by atoms with E-state index in [9.17, 15) is 9.18 Å². The lowest BCUT2D eigenvalue weighted by atomic mass is 9.97. The van der Waals surface area contributed by atoms with Crippen LogP contribution in [-0.2, 0) is 4.84 Å². The van der Waals surface area contributed by atoms with E-state index in [-0.39, 0.29) is 11.7 Å². The number of nitrogens with zero attached hydrogens (tertiary/aromatic N) is 3. The molecule has 0 saturated heterocycles. The van der Waals surface area contributed by atoms with E-state index in [0.717, 1.165) is 11.1 Å². The van der Waals surface area contributed by atoms with Crippen LogP contribution in [0.5, 0.6) is 0 Å². The molecule has 25 heavy (non-hydrogen) atoms. The number of hydroxylamine groups is 2. The highest BCUT2D eigenvalue weighted by atomic mass is 32.1. The first-order chi connectivity index (χ1) is 12.2. The first-order valence-electron chi connectivity index (χ1n) is 7.50. The van der Waals surface area contributed by atoms with E-state index in [2.05, 4.69) is 9.97 Å². The van der Waals surface area contributed by atoms with Gasteiger partial charge in [0.1, 0.15) is 24.4 Å². The van der Waals surface area contributed by atoms with Crippen LogP contribution in [0.4, 0.5) is 4.39 Å². The minimum atomic E-state index is -0.539. The number of benzene rings is 1. The molecular formula is C18H12FN3O2S. The van der Waals surface area contributed by atoms with E-state index in [4.69, 9.17) is 4.84 Å². The smallest absolute Gasteiger partial charge is 0.297 e. The van der Waals surface area contributed by atoms with Gasteiger partial charge in [-0.05, 0) is 35.2 Å². The highest BCUT2D eigenvalue weighted by Crippen LogP contribution is 2.40. The van der Waals surface area contributed by atoms with Crippen molar-refractivity contribution in [1.29, 1.82) is 0 Å². The summed E-state index contributed by atoms with van der Waals surface area (Å²) in [4.78, 5) is 27.1. The Bertz CT molecular complexity index is 911. The average Bonchev–Trinajstić information content (AvgIpc) is 3.32. The van der Waals surface area contributed by atoms with Crippen LogP contribution in [0.3, 0.4) is 0 Å². The van der Waals surface area contributed by atoms with Gasteiger partial charge in [0, 0.05) is 11.8 Å². The lowest BCUT2D eigenvalue weighted by Gasteiger charge is -2.23. The van der Waals surface area contributed by atoms with E-state index in [1.54, 1.807) is 30.5 Å². The minimum Gasteiger partial charge on any atom is -0.383 e. The summed E-state index contributed by atoms with van der Waals surface area (Å²) in [6.45, 7) is 0. The number of rotatable bonds is 3. The molecule has 0 radical (unpaired) electrons. The van der Waals surface area contributed by atoms with Crippen LogP contribution in [-0.4, -0.2) is 20.9 Å². The Balaban J connectivity index is 1.75. The number of hydrogen-bond acceptors (Lipinski definition) is 5. The molecule has 4 rings (SSSR count). The standard InChI is InChI=1S/C18H12FN3O2S/c19-13-5-3-12(4-6-13)14-10-24-22(18(23)16-2-1-9-25-16)17(14)15-7-8-20-11-21-15/h1-11,17H. The van der Waals surface area contributed by atoms with E-state index in [1.807, 2.05) is 11.4 Å². The molecule has 0 fully saturated rings. The number of carbonyl (C=O) groups is 1. The topological polar surface area (TPSA) is 55.3 Å². The van der Waals surface area contributed by atoms with Gasteiger partial charge in [0.25, 0.3) is 5.91 Å². The molecule has 1 atom stereocenters. The van der Waals surface area contributed by atoms with Crippen LogP contribution >= 0.6 is 11.3 Å². The molecule has 1 aliphatic heterocycles. The van der Waals surface area contributed by atoms with Crippen molar-refractivity contribution in [2.24, 2.45) is 0 Å². The predicted molar refractivity (Wildman–Crippen MR) is 90.7 cm³/mol. The van der Waals surface area contributed by atoms with Gasteiger partial charge in [-0.2, -0.15) is 5.06 Å². The predicted octanol–water partition coefficient (Wildman–Crippen LogP) is 3.85. The normalized spacial score (nSPS) is 16.4. The van der Waals surface area contributed by atoms with E-state index in [1.165, 1.54) is 41.1 Å². The number of hydrogen-bond donors (Lipinski definition) is 0. The summed E-state index contributed by atoms with van der Waals surface area (Å²) in [5.41, 5.74) is 2.10. The molecule has 3 aromatic rings. The summed E-state index contributed by atoms with van der Waals surface area (Å²) in [5, 5.41) is 3.12. The molecule has 3 heterocycles. The van der Waals surface area contributed by atoms with Gasteiger partial charge in [-0.15, -0.1) is 11.3 Å². The lowest BCUT2D eigenvalue weighted by molar-refractivity contribution is -0.0701. The molecule has 1 aliphatic rings. The van der Waals surface area contributed by atoms with Gasteiger partial charge < -0.3 is 4.84 Å². The molecule has 1 unspecified atom stereocenters. The number of carbonyl (C=O) groups excluding carboxylic acids is 1. The maximum Gasteiger partial charge on any atom is 0.297 e. The minimum absolute atomic E-state index is 0.257. The molecule has 1 aromatic carbocycles. The maximum atomic E-state index is 13.2. The number of thiophene rings is 1. The average molecular weight is 353 g/mol. The zero-order valence-corrected chi connectivity index (χ0v) is 13.7. The Kier molecular flexibility index (Phi) is 3.99. The van der Waals surface area contributed by atoms with Crippen molar-refractivity contribution in [3.05, 3.63) is 88.6 Å². The molecule has 2 aromatic heterocycles. The van der Waals surface area contributed by atoms with E-state index in [0.29, 0.717) is 10.6 Å². The highest BCUT2D eigenvalue weighted by Gasteiger charge is 2.37. The van der Waals surface area contributed by atoms with Crippen molar-refractivity contribution in [3.63, 3.8) is 0 Å². The Labute approximate surface area is 147 Å². The van der Waals surface area contributed by atoms with E-state index >= 15 is 0 Å². The molecule has 0 bridgehead atoms. The summed E-state index contributed by atoms with van der Waals surface area (Å²) in [5.74, 6) is -0.583. The summed E-state index contributed by atoms with van der Waals surface area (Å²) in [6.07, 6.45) is 4.53. The number of halogens is 1. The van der Waals surface area contributed by atoms with Gasteiger partial charge in [0.2, 0.25) is 0 Å². The van der Waals surface area contributed by atoms with Crippen LogP contribution in [0.25, 0.3) is 5.57 Å². The Morgan fingerprint density at radius 1 is 1.20 bits per heavy atom. The lowest BCUT2D eigenvalue weighted by Crippen LogP contribution is -2.30. The van der Waals surface area contributed by atoms with Gasteiger partial charge in [-0.3, -0.25) is 4.79 Å². The number of amides is 1. The first-order valence-corrected chi connectivity index (χ1v) is 8.38. The molecular weight excluding hydrogens is 341 g/mol. The number of aromatic nitrogens is 2. The third-order valence-electron chi connectivity index (χ3n) is 3.82. The fourth-order valence-corrected chi connectivity index (χ4v) is 3.30. The third-order valence-corrected chi connectivity index (χ3v) is 4.67. The second kappa shape index (κ2) is 6.45. The summed E-state index contributed by atoms with van der Waals surface area (Å²) in [6, 6.07) is 10.8. The highest BCUT2D eigenvalue weighted by molar-refractivity contribution is 7.12. The van der Waals surface area contributed by atoms with Crippen molar-refractivity contribution in [2.75, 3.05) is 0 Å². The van der Waals surface area contributed by atoms with Gasteiger partial charge >= 0.3 is 0 Å². The van der Waals surface area contributed by atoms with Crippen LogP contribution in [0.1, 0.15) is 27.0 Å². The van der Waals surface area contributed by atoms with Gasteiger partial charge in [-0.1, -0.05) is 18.2 Å². The van der Waals surface area contributed by atoms with Crippen LogP contribution in [0.2, 0.25) is 0 Å². The molecule has 0 saturated carbocycles. The molecule has 1 amide bonds. The molecule has 0 aliphatic carbocycles. The second-order valence-electron chi connectivity index (χ2n) is 5.33. The van der Waals surface area contributed by atoms with Crippen molar-refractivity contribution in [3.8, 4) is 0 Å². The van der Waals surface area contributed by atoms with Crippen LogP contribution in [0, 0.1) is 5.82 Å². The zero-order valence-electron chi connectivity index (χ0n) is 12.9. The van der Waals surface area contributed by atoms with Gasteiger partial charge in [-0.25, -0.2) is 14.4 Å². The zero-order chi connectivity index (χ0) is 17.2. The molecule has 124 valence electrons. The van der Waals surface area contributed by atoms with Gasteiger partial charge in [0.15, 0.2) is 0 Å². The molecule has 7 heteroatoms. The van der Waals surface area contributed by atoms with Crippen molar-refractivity contribution < 1.29 is 14.0 Å². The fraction of sp³-hybridized carbons (Fsp3) is 0.0556. The quantitative estimate of drug-likeness (QED) is 0.718. The third kappa shape index (κ3) is 2.89. The van der Waals surface area contributed by atoms with Crippen LogP contribution in [0.15, 0.2) is 66.6 Å². The summed E-state index contributed by atoms with van der Waals surface area (Å²) < 4.78 is 13.2. The van der Waals surface area contributed by atoms with Crippen LogP contribution < -0.4 is 0 Å². The largest absolute Gasteiger partial charge is 0.383 e. The second-order valence-corrected chi connectivity index (χ2v) is 6.28. The van der Waals surface area contributed by atoms with E-state index < -0.39 is 6.04 Å². The SMILES string of the molecule is O=C(c1cccs1)N1OC=C(c2ccc(F)cc2)C1c1ccncn1. The van der Waals surface area contributed by atoms with Crippen molar-refractivity contribution in [2.45, 2.75) is 6.04 Å². The molecule has 5 nitrogen and oxygen atoms in total. The Morgan fingerprint density at radius 3 is 2.72 bits per heavy atom.